The topological polar surface area (TPSA) is 41.6 Å². The van der Waals surface area contributed by atoms with E-state index in [1.807, 2.05) is 25.1 Å². The number of amides is 1. The van der Waals surface area contributed by atoms with Gasteiger partial charge in [-0.3, -0.25) is 4.79 Å². The number of rotatable bonds is 6. The third kappa shape index (κ3) is 4.61. The highest BCUT2D eigenvalue weighted by molar-refractivity contribution is 6.31. The molecule has 0 saturated heterocycles. The number of hydrogen-bond acceptors (Lipinski definition) is 3. The van der Waals surface area contributed by atoms with Crippen molar-refractivity contribution in [2.45, 2.75) is 12.8 Å². The van der Waals surface area contributed by atoms with Gasteiger partial charge in [-0.05, 0) is 42.3 Å². The SMILES string of the molecule is COc1ccc(CCC(=O)Nc2cc(Cl)ccc2N(C)C)cc1F. The Balaban J connectivity index is 2.01. The quantitative estimate of drug-likeness (QED) is 0.851. The average Bonchev–Trinajstić information content (AvgIpc) is 2.53. The first kappa shape index (κ1) is 18.1. The second-order valence-electron chi connectivity index (χ2n) is 5.57. The lowest BCUT2D eigenvalue weighted by molar-refractivity contribution is -0.116. The number of halogens is 2. The van der Waals surface area contributed by atoms with Crippen LogP contribution in [0.4, 0.5) is 15.8 Å². The van der Waals surface area contributed by atoms with Crippen molar-refractivity contribution >= 4 is 28.9 Å². The Bertz CT molecular complexity index is 735. The van der Waals surface area contributed by atoms with Gasteiger partial charge in [0.05, 0.1) is 18.5 Å². The standard InChI is InChI=1S/C18H20ClFN2O2/c1-22(2)16-7-6-13(19)11-15(16)21-18(23)9-5-12-4-8-17(24-3)14(20)10-12/h4,6-8,10-11H,5,9H2,1-3H3,(H,21,23). The number of benzene rings is 2. The number of nitrogens with one attached hydrogen (secondary N) is 1. The number of ether oxygens (including phenoxy) is 1. The van der Waals surface area contributed by atoms with Gasteiger partial charge in [0.2, 0.25) is 5.91 Å². The van der Waals surface area contributed by atoms with Gasteiger partial charge in [0.1, 0.15) is 0 Å². The molecule has 0 heterocycles. The van der Waals surface area contributed by atoms with Gasteiger partial charge in [-0.25, -0.2) is 4.39 Å². The molecule has 0 aliphatic heterocycles. The summed E-state index contributed by atoms with van der Waals surface area (Å²) in [5.74, 6) is -0.394. The molecule has 0 saturated carbocycles. The molecule has 0 fully saturated rings. The first-order valence-electron chi connectivity index (χ1n) is 7.50. The normalized spacial score (nSPS) is 10.4. The third-order valence-electron chi connectivity index (χ3n) is 3.57. The number of nitrogens with zero attached hydrogens (tertiary/aromatic N) is 1. The fraction of sp³-hybridized carbons (Fsp3) is 0.278. The fourth-order valence-corrected chi connectivity index (χ4v) is 2.51. The van der Waals surface area contributed by atoms with Crippen molar-refractivity contribution in [2.24, 2.45) is 0 Å². The average molecular weight is 351 g/mol. The Labute approximate surface area is 146 Å². The maximum atomic E-state index is 13.7. The van der Waals surface area contributed by atoms with Crippen LogP contribution < -0.4 is 15.0 Å². The summed E-state index contributed by atoms with van der Waals surface area (Å²) in [4.78, 5) is 14.1. The lowest BCUT2D eigenvalue weighted by atomic mass is 10.1. The van der Waals surface area contributed by atoms with Crippen molar-refractivity contribution in [3.8, 4) is 5.75 Å². The van der Waals surface area contributed by atoms with Crippen LogP contribution >= 0.6 is 11.6 Å². The molecule has 2 aromatic rings. The minimum absolute atomic E-state index is 0.156. The number of hydrogen-bond donors (Lipinski definition) is 1. The van der Waals surface area contributed by atoms with Gasteiger partial charge < -0.3 is 15.0 Å². The molecule has 0 unspecified atom stereocenters. The second-order valence-corrected chi connectivity index (χ2v) is 6.01. The van der Waals surface area contributed by atoms with E-state index >= 15 is 0 Å². The molecule has 0 aliphatic carbocycles. The van der Waals surface area contributed by atoms with Crippen LogP contribution in [0.25, 0.3) is 0 Å². The predicted octanol–water partition coefficient (Wildman–Crippen LogP) is 4.13. The number of aryl methyl sites for hydroxylation is 1. The first-order valence-corrected chi connectivity index (χ1v) is 7.87. The Morgan fingerprint density at radius 1 is 1.25 bits per heavy atom. The summed E-state index contributed by atoms with van der Waals surface area (Å²) in [6.45, 7) is 0. The summed E-state index contributed by atoms with van der Waals surface area (Å²) >= 11 is 6.00. The van der Waals surface area contributed by atoms with Crippen molar-refractivity contribution in [1.82, 2.24) is 0 Å². The van der Waals surface area contributed by atoms with Crippen molar-refractivity contribution in [3.63, 3.8) is 0 Å². The largest absolute Gasteiger partial charge is 0.494 e. The molecule has 0 radical (unpaired) electrons. The zero-order chi connectivity index (χ0) is 17.7. The Kier molecular flexibility index (Phi) is 6.04. The summed E-state index contributed by atoms with van der Waals surface area (Å²) in [5, 5.41) is 3.41. The Morgan fingerprint density at radius 3 is 2.62 bits per heavy atom. The van der Waals surface area contributed by atoms with E-state index in [0.717, 1.165) is 11.3 Å². The van der Waals surface area contributed by atoms with Crippen molar-refractivity contribution in [2.75, 3.05) is 31.4 Å². The first-order chi connectivity index (χ1) is 11.4. The monoisotopic (exact) mass is 350 g/mol. The molecule has 128 valence electrons. The maximum Gasteiger partial charge on any atom is 0.224 e. The molecule has 2 rings (SSSR count). The maximum absolute atomic E-state index is 13.7. The lowest BCUT2D eigenvalue weighted by Crippen LogP contribution is -2.17. The summed E-state index contributed by atoms with van der Waals surface area (Å²) in [5.41, 5.74) is 2.25. The van der Waals surface area contributed by atoms with Crippen molar-refractivity contribution < 1.29 is 13.9 Å². The molecular formula is C18H20ClFN2O2. The molecule has 0 atom stereocenters. The Hall–Kier alpha value is -2.27. The van der Waals surface area contributed by atoms with Gasteiger partial charge in [0, 0.05) is 25.5 Å². The van der Waals surface area contributed by atoms with E-state index < -0.39 is 5.82 Å². The van der Waals surface area contributed by atoms with Crippen molar-refractivity contribution in [3.05, 3.63) is 52.8 Å². The molecule has 6 heteroatoms. The van der Waals surface area contributed by atoms with Crippen LogP contribution in [0.3, 0.4) is 0 Å². The lowest BCUT2D eigenvalue weighted by Gasteiger charge is -2.18. The van der Waals surface area contributed by atoms with Crippen LogP contribution in [0, 0.1) is 5.82 Å². The van der Waals surface area contributed by atoms with Gasteiger partial charge in [0.25, 0.3) is 0 Å². The van der Waals surface area contributed by atoms with Crippen LogP contribution in [0.2, 0.25) is 5.02 Å². The van der Waals surface area contributed by atoms with E-state index in [1.54, 1.807) is 24.3 Å². The highest BCUT2D eigenvalue weighted by Crippen LogP contribution is 2.28. The number of anilines is 2. The second kappa shape index (κ2) is 8.02. The predicted molar refractivity (Wildman–Crippen MR) is 95.7 cm³/mol. The van der Waals surface area contributed by atoms with Crippen LogP contribution in [0.1, 0.15) is 12.0 Å². The van der Waals surface area contributed by atoms with Crippen LogP contribution in [0.15, 0.2) is 36.4 Å². The van der Waals surface area contributed by atoms with Crippen LogP contribution in [-0.4, -0.2) is 27.1 Å². The summed E-state index contributed by atoms with van der Waals surface area (Å²) in [6.07, 6.45) is 0.676. The van der Waals surface area contributed by atoms with Crippen LogP contribution in [0.5, 0.6) is 5.75 Å². The third-order valence-corrected chi connectivity index (χ3v) is 3.81. The van der Waals surface area contributed by atoms with E-state index in [9.17, 15) is 9.18 Å². The minimum Gasteiger partial charge on any atom is -0.494 e. The molecule has 1 N–H and O–H groups in total. The number of carbonyl (C=O) groups is 1. The van der Waals surface area contributed by atoms with Gasteiger partial charge in [-0.15, -0.1) is 0 Å². The molecule has 1 amide bonds. The molecule has 2 aromatic carbocycles. The molecule has 4 nitrogen and oxygen atoms in total. The molecule has 0 spiro atoms. The number of methoxy groups -OCH3 is 1. The Morgan fingerprint density at radius 2 is 2.00 bits per heavy atom. The zero-order valence-electron chi connectivity index (χ0n) is 13.9. The zero-order valence-corrected chi connectivity index (χ0v) is 14.7. The van der Waals surface area contributed by atoms with E-state index in [0.29, 0.717) is 17.1 Å². The molecule has 24 heavy (non-hydrogen) atoms. The minimum atomic E-state index is -0.430. The van der Waals surface area contributed by atoms with Gasteiger partial charge in [0.15, 0.2) is 11.6 Å². The molecule has 0 aliphatic rings. The summed E-state index contributed by atoms with van der Waals surface area (Å²) < 4.78 is 18.5. The summed E-state index contributed by atoms with van der Waals surface area (Å²) in [6, 6.07) is 10.0. The van der Waals surface area contributed by atoms with Gasteiger partial charge in [-0.1, -0.05) is 17.7 Å². The smallest absolute Gasteiger partial charge is 0.224 e. The highest BCUT2D eigenvalue weighted by Gasteiger charge is 2.10. The van der Waals surface area contributed by atoms with Crippen molar-refractivity contribution in [1.29, 1.82) is 0 Å². The number of carbonyl (C=O) groups excluding carboxylic acids is 1. The van der Waals surface area contributed by atoms with Gasteiger partial charge >= 0.3 is 0 Å². The highest BCUT2D eigenvalue weighted by atomic mass is 35.5. The fourth-order valence-electron chi connectivity index (χ4n) is 2.33. The van der Waals surface area contributed by atoms with Crippen LogP contribution in [-0.2, 0) is 11.2 Å². The van der Waals surface area contributed by atoms with E-state index in [2.05, 4.69) is 5.32 Å². The molecular weight excluding hydrogens is 331 g/mol. The summed E-state index contributed by atoms with van der Waals surface area (Å²) in [7, 11) is 5.19. The molecule has 0 bridgehead atoms. The van der Waals surface area contributed by atoms with Gasteiger partial charge in [-0.2, -0.15) is 0 Å². The van der Waals surface area contributed by atoms with E-state index in [4.69, 9.17) is 16.3 Å². The molecule has 0 aromatic heterocycles. The van der Waals surface area contributed by atoms with E-state index in [-0.39, 0.29) is 18.1 Å². The van der Waals surface area contributed by atoms with E-state index in [1.165, 1.54) is 13.2 Å².